The van der Waals surface area contributed by atoms with E-state index in [4.69, 9.17) is 4.74 Å². The van der Waals surface area contributed by atoms with Crippen molar-refractivity contribution in [2.24, 2.45) is 0 Å². The number of hydrogen-bond acceptors (Lipinski definition) is 6. The first kappa shape index (κ1) is 21.3. The van der Waals surface area contributed by atoms with Crippen LogP contribution in [0.25, 0.3) is 16.4 Å². The molecule has 4 rings (SSSR count). The summed E-state index contributed by atoms with van der Waals surface area (Å²) in [6.45, 7) is -0.0506. The Hall–Kier alpha value is -3.98. The van der Waals surface area contributed by atoms with Gasteiger partial charge in [-0.1, -0.05) is 24.3 Å². The Bertz CT molecular complexity index is 1200. The molecule has 0 saturated carbocycles. The lowest BCUT2D eigenvalue weighted by Crippen LogP contribution is -2.27. The van der Waals surface area contributed by atoms with E-state index in [0.29, 0.717) is 17.3 Å². The Balaban J connectivity index is 1.51. The van der Waals surface area contributed by atoms with E-state index in [0.717, 1.165) is 10.6 Å². The van der Waals surface area contributed by atoms with Gasteiger partial charge in [0.2, 0.25) is 5.82 Å². The predicted molar refractivity (Wildman–Crippen MR) is 123 cm³/mol. The van der Waals surface area contributed by atoms with Gasteiger partial charge in [0.1, 0.15) is 5.75 Å². The van der Waals surface area contributed by atoms with Crippen LogP contribution in [0.1, 0.15) is 10.6 Å². The summed E-state index contributed by atoms with van der Waals surface area (Å²) < 4.78 is 7.12. The molecule has 4 aromatic rings. The summed E-state index contributed by atoms with van der Waals surface area (Å²) in [6, 6.07) is 20.2. The monoisotopic (exact) mass is 447 g/mol. The molecule has 0 radical (unpaired) electrons. The zero-order valence-electron chi connectivity index (χ0n) is 17.6. The van der Waals surface area contributed by atoms with Gasteiger partial charge in [0.25, 0.3) is 11.8 Å². The Morgan fingerprint density at radius 2 is 1.78 bits per heavy atom. The molecule has 0 fully saturated rings. The van der Waals surface area contributed by atoms with Gasteiger partial charge in [-0.2, -0.15) is 0 Å². The number of nitrogens with one attached hydrogen (secondary N) is 1. The lowest BCUT2D eigenvalue weighted by atomic mass is 10.3. The molecule has 0 atom stereocenters. The van der Waals surface area contributed by atoms with Gasteiger partial charge in [-0.3, -0.25) is 9.59 Å². The maximum atomic E-state index is 12.8. The molecule has 8 nitrogen and oxygen atoms in total. The van der Waals surface area contributed by atoms with Crippen LogP contribution in [-0.4, -0.2) is 52.2 Å². The van der Waals surface area contributed by atoms with Crippen molar-refractivity contribution in [2.75, 3.05) is 26.0 Å². The third-order valence-corrected chi connectivity index (χ3v) is 5.39. The second kappa shape index (κ2) is 9.44. The maximum absolute atomic E-state index is 12.8. The van der Waals surface area contributed by atoms with E-state index in [-0.39, 0.29) is 18.3 Å². The molecular formula is C23H21N5O3S. The zero-order valence-corrected chi connectivity index (χ0v) is 18.4. The number of benzene rings is 2. The van der Waals surface area contributed by atoms with Crippen molar-refractivity contribution in [1.82, 2.24) is 19.7 Å². The molecule has 2 heterocycles. The highest BCUT2D eigenvalue weighted by Crippen LogP contribution is 2.26. The van der Waals surface area contributed by atoms with E-state index in [1.165, 1.54) is 16.2 Å². The molecule has 2 aromatic carbocycles. The van der Waals surface area contributed by atoms with Gasteiger partial charge in [0.05, 0.1) is 10.6 Å². The summed E-state index contributed by atoms with van der Waals surface area (Å²) in [7, 11) is 3.34. The van der Waals surface area contributed by atoms with Gasteiger partial charge in [-0.25, -0.2) is 9.67 Å². The highest BCUT2D eigenvalue weighted by Gasteiger charge is 2.19. The number of carbonyl (C=O) groups excluding carboxylic acids is 2. The minimum Gasteiger partial charge on any atom is -0.484 e. The van der Waals surface area contributed by atoms with E-state index in [9.17, 15) is 9.59 Å². The second-order valence-corrected chi connectivity index (χ2v) is 7.99. The lowest BCUT2D eigenvalue weighted by molar-refractivity contribution is -0.130. The molecule has 0 spiro atoms. The third-order valence-electron chi connectivity index (χ3n) is 4.53. The van der Waals surface area contributed by atoms with Crippen molar-refractivity contribution in [2.45, 2.75) is 0 Å². The fraction of sp³-hybridized carbons (Fsp3) is 0.130. The van der Waals surface area contributed by atoms with Gasteiger partial charge in [0.15, 0.2) is 12.4 Å². The molecule has 0 unspecified atom stereocenters. The summed E-state index contributed by atoms with van der Waals surface area (Å²) in [4.78, 5) is 31.3. The first-order chi connectivity index (χ1) is 15.5. The highest BCUT2D eigenvalue weighted by molar-refractivity contribution is 7.13. The van der Waals surface area contributed by atoms with E-state index in [1.54, 1.807) is 43.0 Å². The molecule has 162 valence electrons. The maximum Gasteiger partial charge on any atom is 0.295 e. The minimum atomic E-state index is -0.422. The normalized spacial score (nSPS) is 10.6. The fourth-order valence-corrected chi connectivity index (χ4v) is 3.52. The van der Waals surface area contributed by atoms with E-state index >= 15 is 0 Å². The number of anilines is 1. The van der Waals surface area contributed by atoms with Crippen molar-refractivity contribution in [3.05, 3.63) is 77.9 Å². The van der Waals surface area contributed by atoms with Crippen LogP contribution in [0.3, 0.4) is 0 Å². The Kier molecular flexibility index (Phi) is 6.27. The number of thiophene rings is 1. The zero-order chi connectivity index (χ0) is 22.5. The van der Waals surface area contributed by atoms with Crippen molar-refractivity contribution in [1.29, 1.82) is 0 Å². The summed E-state index contributed by atoms with van der Waals surface area (Å²) in [5.74, 6) is 0.641. The molecule has 0 aliphatic heterocycles. The van der Waals surface area contributed by atoms with Gasteiger partial charge < -0.3 is 15.0 Å². The van der Waals surface area contributed by atoms with Crippen LogP contribution in [0.5, 0.6) is 5.75 Å². The molecule has 0 saturated heterocycles. The van der Waals surface area contributed by atoms with Gasteiger partial charge in [-0.05, 0) is 47.8 Å². The number of hydrogen-bond donors (Lipinski definition) is 1. The van der Waals surface area contributed by atoms with Crippen LogP contribution < -0.4 is 10.1 Å². The van der Waals surface area contributed by atoms with Gasteiger partial charge >= 0.3 is 0 Å². The summed E-state index contributed by atoms with van der Waals surface area (Å²) in [5.41, 5.74) is 1.38. The molecule has 1 N–H and O–H groups in total. The highest BCUT2D eigenvalue weighted by atomic mass is 32.1. The van der Waals surface area contributed by atoms with Crippen LogP contribution in [0.15, 0.2) is 72.1 Å². The number of carbonyl (C=O) groups is 2. The molecular weight excluding hydrogens is 426 g/mol. The topological polar surface area (TPSA) is 89.4 Å². The van der Waals surface area contributed by atoms with E-state index in [2.05, 4.69) is 15.4 Å². The first-order valence-corrected chi connectivity index (χ1v) is 10.7. The fourth-order valence-electron chi connectivity index (χ4n) is 2.82. The van der Waals surface area contributed by atoms with Crippen LogP contribution in [-0.2, 0) is 4.79 Å². The van der Waals surface area contributed by atoms with Gasteiger partial charge in [0, 0.05) is 19.8 Å². The van der Waals surface area contributed by atoms with Crippen molar-refractivity contribution >= 4 is 28.8 Å². The molecule has 0 bridgehead atoms. The summed E-state index contributed by atoms with van der Waals surface area (Å²) >= 11 is 1.53. The average Bonchev–Trinajstić information content (AvgIpc) is 3.49. The van der Waals surface area contributed by atoms with Crippen molar-refractivity contribution in [3.8, 4) is 22.1 Å². The van der Waals surface area contributed by atoms with E-state index in [1.807, 2.05) is 47.8 Å². The second-order valence-electron chi connectivity index (χ2n) is 7.04. The van der Waals surface area contributed by atoms with Crippen molar-refractivity contribution < 1.29 is 14.3 Å². The summed E-state index contributed by atoms with van der Waals surface area (Å²) in [6.07, 6.45) is 0. The summed E-state index contributed by atoms with van der Waals surface area (Å²) in [5, 5.41) is 9.20. The number of para-hydroxylation sites is 1. The third kappa shape index (κ3) is 4.84. The Morgan fingerprint density at radius 3 is 2.44 bits per heavy atom. The van der Waals surface area contributed by atoms with Crippen LogP contribution in [0.4, 0.5) is 5.69 Å². The number of ether oxygens (including phenoxy) is 1. The largest absolute Gasteiger partial charge is 0.484 e. The Morgan fingerprint density at radius 1 is 1.03 bits per heavy atom. The standard InChI is InChI=1S/C23H21N5O3S/c1-27(2)20(29)15-31-18-12-10-16(11-13-18)24-23(30)21-25-22(19-9-6-14-32-19)28(26-21)17-7-4-3-5-8-17/h3-14H,15H2,1-2H3,(H,24,30). The lowest BCUT2D eigenvalue weighted by Gasteiger charge is -2.11. The first-order valence-electron chi connectivity index (χ1n) is 9.82. The van der Waals surface area contributed by atoms with Crippen LogP contribution >= 0.6 is 11.3 Å². The number of rotatable bonds is 7. The molecule has 2 aromatic heterocycles. The molecule has 2 amide bonds. The smallest absolute Gasteiger partial charge is 0.295 e. The number of nitrogens with zero attached hydrogens (tertiary/aromatic N) is 4. The SMILES string of the molecule is CN(C)C(=O)COc1ccc(NC(=O)c2nc(-c3cccs3)n(-c3ccccc3)n2)cc1. The van der Waals surface area contributed by atoms with Crippen LogP contribution in [0, 0.1) is 0 Å². The molecule has 0 aliphatic rings. The molecule has 9 heteroatoms. The number of likely N-dealkylation sites (N-methyl/N-ethyl adjacent to an activating group) is 1. The quantitative estimate of drug-likeness (QED) is 0.466. The van der Waals surface area contributed by atoms with E-state index < -0.39 is 5.91 Å². The average molecular weight is 448 g/mol. The van der Waals surface area contributed by atoms with Crippen LogP contribution in [0.2, 0.25) is 0 Å². The number of aromatic nitrogens is 3. The number of amides is 2. The van der Waals surface area contributed by atoms with Gasteiger partial charge in [-0.15, -0.1) is 16.4 Å². The minimum absolute atomic E-state index is 0.0506. The van der Waals surface area contributed by atoms with Crippen molar-refractivity contribution in [3.63, 3.8) is 0 Å². The molecule has 0 aliphatic carbocycles. The predicted octanol–water partition coefficient (Wildman–Crippen LogP) is 3.72. The Labute approximate surface area is 189 Å². The molecule has 32 heavy (non-hydrogen) atoms.